The van der Waals surface area contributed by atoms with Crippen molar-refractivity contribution >= 4 is 27.5 Å². The number of rotatable bonds is 2. The van der Waals surface area contributed by atoms with Gasteiger partial charge in [0.05, 0.1) is 4.47 Å². The first-order valence-corrected chi connectivity index (χ1v) is 6.95. The second kappa shape index (κ2) is 5.24. The fourth-order valence-corrected chi connectivity index (χ4v) is 2.78. The molecule has 1 N–H and O–H groups in total. The molecule has 1 atom stereocenters. The average molecular weight is 360 g/mol. The number of hydrogen-bond acceptors (Lipinski definition) is 3. The van der Waals surface area contributed by atoms with E-state index in [0.29, 0.717) is 21.5 Å². The Morgan fingerprint density at radius 1 is 1.25 bits per heavy atom. The fraction of sp³-hybridized carbons (Fsp3) is 0.143. The smallest absolute Gasteiger partial charge is 0.231 e. The summed E-state index contributed by atoms with van der Waals surface area (Å²) in [6.45, 7) is 0.128. The molecule has 0 saturated carbocycles. The number of ether oxygens (including phenoxy) is 2. The highest BCUT2D eigenvalue weighted by atomic mass is 79.9. The van der Waals surface area contributed by atoms with Gasteiger partial charge in [0.1, 0.15) is 11.9 Å². The minimum absolute atomic E-state index is 0.128. The van der Waals surface area contributed by atoms with Gasteiger partial charge < -0.3 is 14.6 Å². The SMILES string of the molecule is OC(c1cc(Br)c2c(c1)OCO2)c1ccc(Cl)cc1F. The predicted octanol–water partition coefficient (Wildman–Crippen LogP) is 4.05. The molecule has 2 aromatic carbocycles. The van der Waals surface area contributed by atoms with Gasteiger partial charge in [-0.3, -0.25) is 0 Å². The largest absolute Gasteiger partial charge is 0.454 e. The normalized spacial score (nSPS) is 14.4. The zero-order valence-electron chi connectivity index (χ0n) is 10.1. The minimum atomic E-state index is -1.11. The summed E-state index contributed by atoms with van der Waals surface area (Å²) < 4.78 is 25.0. The highest BCUT2D eigenvalue weighted by Gasteiger charge is 2.22. The van der Waals surface area contributed by atoms with Crippen LogP contribution in [0.3, 0.4) is 0 Å². The first-order chi connectivity index (χ1) is 9.56. The van der Waals surface area contributed by atoms with Crippen molar-refractivity contribution in [2.45, 2.75) is 6.10 Å². The number of aliphatic hydroxyl groups is 1. The molecule has 0 bridgehead atoms. The first-order valence-electron chi connectivity index (χ1n) is 5.78. The summed E-state index contributed by atoms with van der Waals surface area (Å²) in [5, 5.41) is 10.6. The second-order valence-electron chi connectivity index (χ2n) is 4.30. The van der Waals surface area contributed by atoms with Crippen molar-refractivity contribution in [3.63, 3.8) is 0 Å². The van der Waals surface area contributed by atoms with E-state index in [9.17, 15) is 9.50 Å². The Bertz CT molecular complexity index is 678. The number of benzene rings is 2. The van der Waals surface area contributed by atoms with Crippen molar-refractivity contribution in [2.75, 3.05) is 6.79 Å². The van der Waals surface area contributed by atoms with E-state index in [1.807, 2.05) is 0 Å². The van der Waals surface area contributed by atoms with Crippen LogP contribution >= 0.6 is 27.5 Å². The molecule has 1 heterocycles. The van der Waals surface area contributed by atoms with Gasteiger partial charge in [0.2, 0.25) is 6.79 Å². The van der Waals surface area contributed by atoms with Crippen molar-refractivity contribution < 1.29 is 19.0 Å². The summed E-state index contributed by atoms with van der Waals surface area (Å²) in [5.41, 5.74) is 0.655. The Morgan fingerprint density at radius 2 is 2.05 bits per heavy atom. The lowest BCUT2D eigenvalue weighted by molar-refractivity contribution is 0.173. The van der Waals surface area contributed by atoms with Crippen molar-refractivity contribution in [1.29, 1.82) is 0 Å². The van der Waals surface area contributed by atoms with Crippen LogP contribution in [0.25, 0.3) is 0 Å². The quantitative estimate of drug-likeness (QED) is 0.879. The molecular formula is C14H9BrClFO3. The molecule has 1 aliphatic heterocycles. The van der Waals surface area contributed by atoms with E-state index in [2.05, 4.69) is 15.9 Å². The molecular weight excluding hydrogens is 351 g/mol. The van der Waals surface area contributed by atoms with E-state index in [1.54, 1.807) is 12.1 Å². The van der Waals surface area contributed by atoms with Crippen LogP contribution in [0.1, 0.15) is 17.2 Å². The summed E-state index contributed by atoms with van der Waals surface area (Å²) in [5.74, 6) is 0.541. The van der Waals surface area contributed by atoms with E-state index >= 15 is 0 Å². The summed E-state index contributed by atoms with van der Waals surface area (Å²) in [4.78, 5) is 0. The van der Waals surface area contributed by atoms with E-state index < -0.39 is 11.9 Å². The molecule has 0 amide bonds. The monoisotopic (exact) mass is 358 g/mol. The predicted molar refractivity (Wildman–Crippen MR) is 75.7 cm³/mol. The Labute approximate surface area is 128 Å². The molecule has 0 fully saturated rings. The Kier molecular flexibility index (Phi) is 3.58. The van der Waals surface area contributed by atoms with E-state index in [1.165, 1.54) is 18.2 Å². The number of fused-ring (bicyclic) bond motifs is 1. The van der Waals surface area contributed by atoms with Gasteiger partial charge in [-0.1, -0.05) is 17.7 Å². The first kappa shape index (κ1) is 13.7. The average Bonchev–Trinajstić information content (AvgIpc) is 2.87. The van der Waals surface area contributed by atoms with E-state index in [4.69, 9.17) is 21.1 Å². The van der Waals surface area contributed by atoms with Crippen molar-refractivity contribution in [2.24, 2.45) is 0 Å². The molecule has 0 saturated heterocycles. The third-order valence-corrected chi connectivity index (χ3v) is 3.85. The zero-order valence-corrected chi connectivity index (χ0v) is 12.4. The topological polar surface area (TPSA) is 38.7 Å². The van der Waals surface area contributed by atoms with Crippen LogP contribution in [0, 0.1) is 5.82 Å². The second-order valence-corrected chi connectivity index (χ2v) is 5.60. The summed E-state index contributed by atoms with van der Waals surface area (Å²) in [6.07, 6.45) is -1.11. The lowest BCUT2D eigenvalue weighted by atomic mass is 10.0. The van der Waals surface area contributed by atoms with Crippen LogP contribution in [-0.4, -0.2) is 11.9 Å². The minimum Gasteiger partial charge on any atom is -0.454 e. The van der Waals surface area contributed by atoms with Gasteiger partial charge in [0.15, 0.2) is 11.5 Å². The molecule has 0 radical (unpaired) electrons. The Balaban J connectivity index is 2.02. The molecule has 20 heavy (non-hydrogen) atoms. The molecule has 0 aliphatic carbocycles. The van der Waals surface area contributed by atoms with Crippen LogP contribution < -0.4 is 9.47 Å². The number of halogens is 3. The van der Waals surface area contributed by atoms with Crippen molar-refractivity contribution in [1.82, 2.24) is 0 Å². The Morgan fingerprint density at radius 3 is 2.80 bits per heavy atom. The lowest BCUT2D eigenvalue weighted by Gasteiger charge is -2.14. The van der Waals surface area contributed by atoms with Crippen LogP contribution in [0.15, 0.2) is 34.8 Å². The highest BCUT2D eigenvalue weighted by molar-refractivity contribution is 9.10. The number of hydrogen-bond donors (Lipinski definition) is 1. The van der Waals surface area contributed by atoms with Gasteiger partial charge in [-0.2, -0.15) is 0 Å². The standard InChI is InChI=1S/C14H9BrClFO3/c15-10-3-7(4-12-14(10)20-6-19-12)13(18)9-2-1-8(16)5-11(9)17/h1-5,13,18H,6H2. The third-order valence-electron chi connectivity index (χ3n) is 3.02. The molecule has 1 aliphatic rings. The third kappa shape index (κ3) is 2.37. The van der Waals surface area contributed by atoms with E-state index in [-0.39, 0.29) is 17.4 Å². The molecule has 6 heteroatoms. The van der Waals surface area contributed by atoms with Crippen molar-refractivity contribution in [3.8, 4) is 11.5 Å². The van der Waals surface area contributed by atoms with Gasteiger partial charge in [-0.05, 0) is 45.8 Å². The highest BCUT2D eigenvalue weighted by Crippen LogP contribution is 2.42. The molecule has 0 spiro atoms. The van der Waals surface area contributed by atoms with Gasteiger partial charge in [-0.25, -0.2) is 4.39 Å². The molecule has 3 nitrogen and oxygen atoms in total. The maximum absolute atomic E-state index is 13.8. The lowest BCUT2D eigenvalue weighted by Crippen LogP contribution is -2.02. The van der Waals surface area contributed by atoms with Crippen molar-refractivity contribution in [3.05, 3.63) is 56.8 Å². The molecule has 3 rings (SSSR count). The molecule has 2 aromatic rings. The molecule has 104 valence electrons. The van der Waals surface area contributed by atoms with Crippen LogP contribution in [0.2, 0.25) is 5.02 Å². The summed E-state index contributed by atoms with van der Waals surface area (Å²) in [6, 6.07) is 7.46. The van der Waals surface area contributed by atoms with E-state index in [0.717, 1.165) is 0 Å². The van der Waals surface area contributed by atoms with Gasteiger partial charge in [0, 0.05) is 10.6 Å². The zero-order chi connectivity index (χ0) is 14.3. The van der Waals surface area contributed by atoms with Crippen LogP contribution in [0.5, 0.6) is 11.5 Å². The summed E-state index contributed by atoms with van der Waals surface area (Å²) in [7, 11) is 0. The summed E-state index contributed by atoms with van der Waals surface area (Å²) >= 11 is 9.04. The van der Waals surface area contributed by atoms with Gasteiger partial charge in [-0.15, -0.1) is 0 Å². The fourth-order valence-electron chi connectivity index (χ4n) is 2.05. The maximum atomic E-state index is 13.8. The van der Waals surface area contributed by atoms with Crippen LogP contribution in [0.4, 0.5) is 4.39 Å². The maximum Gasteiger partial charge on any atom is 0.231 e. The van der Waals surface area contributed by atoms with Gasteiger partial charge >= 0.3 is 0 Å². The van der Waals surface area contributed by atoms with Gasteiger partial charge in [0.25, 0.3) is 0 Å². The van der Waals surface area contributed by atoms with Crippen LogP contribution in [-0.2, 0) is 0 Å². The molecule has 1 unspecified atom stereocenters. The molecule has 0 aromatic heterocycles. The number of aliphatic hydroxyl groups excluding tert-OH is 1. The Hall–Kier alpha value is -1.30.